The summed E-state index contributed by atoms with van der Waals surface area (Å²) < 4.78 is 26.2. The fraction of sp³-hybridized carbons (Fsp3) is 0.111. The smallest absolute Gasteiger partial charge is 0.250 e. The first-order valence-corrected chi connectivity index (χ1v) is 6.69. The predicted octanol–water partition coefficient (Wildman–Crippen LogP) is 1.55. The van der Waals surface area contributed by atoms with Crippen molar-refractivity contribution in [2.45, 2.75) is 10.8 Å². The van der Waals surface area contributed by atoms with Gasteiger partial charge in [0.1, 0.15) is 4.21 Å². The third-order valence-corrected chi connectivity index (χ3v) is 4.69. The van der Waals surface area contributed by atoms with Gasteiger partial charge in [0, 0.05) is 18.9 Å². The van der Waals surface area contributed by atoms with E-state index in [4.69, 9.17) is 0 Å². The Morgan fingerprint density at radius 3 is 2.87 bits per heavy atom. The predicted molar refractivity (Wildman–Crippen MR) is 59.1 cm³/mol. The molecular formula is C9H10N2O2S2. The first-order chi connectivity index (χ1) is 7.18. The fourth-order valence-electron chi connectivity index (χ4n) is 1.13. The van der Waals surface area contributed by atoms with Gasteiger partial charge in [0.05, 0.1) is 0 Å². The number of thiophene rings is 1. The van der Waals surface area contributed by atoms with Gasteiger partial charge in [0.2, 0.25) is 10.0 Å². The maximum Gasteiger partial charge on any atom is 0.250 e. The molecule has 0 aliphatic carbocycles. The van der Waals surface area contributed by atoms with Gasteiger partial charge in [-0.2, -0.15) is 0 Å². The highest BCUT2D eigenvalue weighted by Crippen LogP contribution is 2.15. The van der Waals surface area contributed by atoms with E-state index in [1.54, 1.807) is 29.9 Å². The molecule has 0 saturated carbocycles. The molecule has 2 N–H and O–H groups in total. The first-order valence-electron chi connectivity index (χ1n) is 4.33. The van der Waals surface area contributed by atoms with Gasteiger partial charge in [-0.1, -0.05) is 6.07 Å². The van der Waals surface area contributed by atoms with Gasteiger partial charge in [0.15, 0.2) is 0 Å². The van der Waals surface area contributed by atoms with Crippen LogP contribution in [0.1, 0.15) is 5.56 Å². The molecule has 0 fully saturated rings. The molecule has 15 heavy (non-hydrogen) atoms. The zero-order valence-electron chi connectivity index (χ0n) is 7.80. The number of aromatic nitrogens is 1. The van der Waals surface area contributed by atoms with Crippen LogP contribution in [0.2, 0.25) is 0 Å². The molecule has 80 valence electrons. The minimum Gasteiger partial charge on any atom is -0.367 e. The van der Waals surface area contributed by atoms with Gasteiger partial charge in [-0.3, -0.25) is 0 Å². The van der Waals surface area contributed by atoms with Crippen LogP contribution >= 0.6 is 11.3 Å². The third kappa shape index (κ3) is 2.47. The minimum atomic E-state index is -3.34. The van der Waals surface area contributed by atoms with E-state index in [1.165, 1.54) is 11.3 Å². The summed E-state index contributed by atoms with van der Waals surface area (Å²) >= 11 is 1.21. The van der Waals surface area contributed by atoms with Gasteiger partial charge in [-0.05, 0) is 23.1 Å². The van der Waals surface area contributed by atoms with Crippen LogP contribution in [0.25, 0.3) is 0 Å². The van der Waals surface area contributed by atoms with E-state index in [2.05, 4.69) is 9.71 Å². The van der Waals surface area contributed by atoms with E-state index < -0.39 is 10.0 Å². The lowest BCUT2D eigenvalue weighted by molar-refractivity contribution is 0.583. The average molecular weight is 242 g/mol. The van der Waals surface area contributed by atoms with Crippen LogP contribution in [-0.2, 0) is 16.6 Å². The van der Waals surface area contributed by atoms with E-state index in [1.807, 2.05) is 6.07 Å². The van der Waals surface area contributed by atoms with Gasteiger partial charge < -0.3 is 4.98 Å². The van der Waals surface area contributed by atoms with E-state index >= 15 is 0 Å². The van der Waals surface area contributed by atoms with Crippen molar-refractivity contribution < 1.29 is 8.42 Å². The van der Waals surface area contributed by atoms with Gasteiger partial charge >= 0.3 is 0 Å². The molecule has 2 rings (SSSR count). The first kappa shape index (κ1) is 10.4. The highest BCUT2D eigenvalue weighted by atomic mass is 32.2. The summed E-state index contributed by atoms with van der Waals surface area (Å²) in [6.07, 6.45) is 3.52. The summed E-state index contributed by atoms with van der Waals surface area (Å²) in [5.41, 5.74) is 0.912. The van der Waals surface area contributed by atoms with Crippen molar-refractivity contribution in [3.05, 3.63) is 41.5 Å². The number of hydrogen-bond acceptors (Lipinski definition) is 3. The van der Waals surface area contributed by atoms with Gasteiger partial charge in [-0.25, -0.2) is 13.1 Å². The monoisotopic (exact) mass is 242 g/mol. The molecule has 0 amide bonds. The maximum atomic E-state index is 11.7. The Morgan fingerprint density at radius 1 is 1.40 bits per heavy atom. The van der Waals surface area contributed by atoms with E-state index in [0.29, 0.717) is 10.8 Å². The second-order valence-corrected chi connectivity index (χ2v) is 5.92. The molecule has 4 nitrogen and oxygen atoms in total. The summed E-state index contributed by atoms with van der Waals surface area (Å²) in [6.45, 7) is 0.309. The molecule has 0 aliphatic rings. The second kappa shape index (κ2) is 4.18. The number of hydrogen-bond donors (Lipinski definition) is 2. The lowest BCUT2D eigenvalue weighted by Gasteiger charge is -2.02. The molecular weight excluding hydrogens is 232 g/mol. The van der Waals surface area contributed by atoms with Crippen molar-refractivity contribution in [3.8, 4) is 0 Å². The van der Waals surface area contributed by atoms with E-state index in [0.717, 1.165) is 5.56 Å². The standard InChI is InChI=1S/C9H10N2O2S2/c12-15(13,9-2-1-5-14-9)11-7-8-3-4-10-6-8/h1-6,10-11H,7H2. The zero-order valence-corrected chi connectivity index (χ0v) is 9.44. The molecule has 0 saturated heterocycles. The normalized spacial score (nSPS) is 11.7. The number of aromatic amines is 1. The molecule has 0 aliphatic heterocycles. The van der Waals surface area contributed by atoms with Gasteiger partial charge in [-0.15, -0.1) is 11.3 Å². The molecule has 2 aromatic heterocycles. The van der Waals surface area contributed by atoms with Crippen LogP contribution in [0.4, 0.5) is 0 Å². The Labute approximate surface area is 92.0 Å². The van der Waals surface area contributed by atoms with E-state index in [-0.39, 0.29) is 0 Å². The summed E-state index contributed by atoms with van der Waals surface area (Å²) in [5.74, 6) is 0. The molecule has 2 heterocycles. The SMILES string of the molecule is O=S(=O)(NCc1cc[nH]c1)c1cccs1. The molecule has 0 bridgehead atoms. The van der Waals surface area contributed by atoms with Crippen molar-refractivity contribution in [2.24, 2.45) is 0 Å². The summed E-state index contributed by atoms with van der Waals surface area (Å²) in [7, 11) is -3.34. The summed E-state index contributed by atoms with van der Waals surface area (Å²) in [4.78, 5) is 2.87. The minimum absolute atomic E-state index is 0.309. The van der Waals surface area contributed by atoms with E-state index in [9.17, 15) is 8.42 Å². The lowest BCUT2D eigenvalue weighted by atomic mass is 10.4. The zero-order chi connectivity index (χ0) is 10.7. The van der Waals surface area contributed by atoms with Gasteiger partial charge in [0.25, 0.3) is 0 Å². The Hall–Kier alpha value is -1.11. The second-order valence-electron chi connectivity index (χ2n) is 2.98. The molecule has 6 heteroatoms. The highest BCUT2D eigenvalue weighted by molar-refractivity contribution is 7.91. The van der Waals surface area contributed by atoms with Crippen molar-refractivity contribution in [2.75, 3.05) is 0 Å². The Balaban J connectivity index is 2.06. The molecule has 0 spiro atoms. The number of sulfonamides is 1. The van der Waals surface area contributed by atoms with Crippen LogP contribution in [0.3, 0.4) is 0 Å². The van der Waals surface area contributed by atoms with Crippen LogP contribution < -0.4 is 4.72 Å². The van der Waals surface area contributed by atoms with Crippen LogP contribution in [0.5, 0.6) is 0 Å². The summed E-state index contributed by atoms with van der Waals surface area (Å²) in [5, 5.41) is 1.74. The topological polar surface area (TPSA) is 62.0 Å². The maximum absolute atomic E-state index is 11.7. The molecule has 0 radical (unpaired) electrons. The third-order valence-electron chi connectivity index (χ3n) is 1.89. The average Bonchev–Trinajstić information content (AvgIpc) is 2.88. The number of nitrogens with one attached hydrogen (secondary N) is 2. The largest absolute Gasteiger partial charge is 0.367 e. The Kier molecular flexibility index (Phi) is 2.90. The lowest BCUT2D eigenvalue weighted by Crippen LogP contribution is -2.22. The molecule has 2 aromatic rings. The molecule has 0 atom stereocenters. The molecule has 0 unspecified atom stereocenters. The number of rotatable bonds is 4. The Bertz CT molecular complexity index is 500. The van der Waals surface area contributed by atoms with Crippen LogP contribution in [0.15, 0.2) is 40.2 Å². The van der Waals surface area contributed by atoms with Crippen molar-refractivity contribution in [3.63, 3.8) is 0 Å². The fourth-order valence-corrected chi connectivity index (χ4v) is 3.19. The quantitative estimate of drug-likeness (QED) is 0.854. The van der Waals surface area contributed by atoms with Crippen molar-refractivity contribution in [1.29, 1.82) is 0 Å². The molecule has 0 aromatic carbocycles. The van der Waals surface area contributed by atoms with Crippen molar-refractivity contribution >= 4 is 21.4 Å². The van der Waals surface area contributed by atoms with Crippen LogP contribution in [-0.4, -0.2) is 13.4 Å². The number of H-pyrrole nitrogens is 1. The highest BCUT2D eigenvalue weighted by Gasteiger charge is 2.14. The van der Waals surface area contributed by atoms with Crippen molar-refractivity contribution in [1.82, 2.24) is 9.71 Å². The Morgan fingerprint density at radius 2 is 2.27 bits per heavy atom. The van der Waals surface area contributed by atoms with Crippen LogP contribution in [0, 0.1) is 0 Å². The summed E-state index contributed by atoms with van der Waals surface area (Å²) in [6, 6.07) is 5.14.